The molecule has 1 aliphatic carbocycles. The molecular weight excluding hydrogens is 445 g/mol. The van der Waals surface area contributed by atoms with Gasteiger partial charge < -0.3 is 25.5 Å². The summed E-state index contributed by atoms with van der Waals surface area (Å²) in [6, 6.07) is 6.90. The van der Waals surface area contributed by atoms with E-state index in [1.165, 1.54) is 17.4 Å². The van der Waals surface area contributed by atoms with Crippen LogP contribution in [0.25, 0.3) is 32.6 Å². The zero-order chi connectivity index (χ0) is 22.7. The number of hydrogen-bond donors (Lipinski definition) is 2. The van der Waals surface area contributed by atoms with Crippen molar-refractivity contribution in [1.82, 2.24) is 14.5 Å². The minimum absolute atomic E-state index is 0.149. The van der Waals surface area contributed by atoms with E-state index in [1.54, 1.807) is 12.1 Å². The number of aryl methyl sites for hydroxylation is 1. The fourth-order valence-electron chi connectivity index (χ4n) is 4.44. The fourth-order valence-corrected chi connectivity index (χ4v) is 5.23. The van der Waals surface area contributed by atoms with Crippen molar-refractivity contribution in [1.29, 1.82) is 0 Å². The van der Waals surface area contributed by atoms with Crippen molar-refractivity contribution >= 4 is 43.6 Å². The molecule has 0 bridgehead atoms. The van der Waals surface area contributed by atoms with Crippen LogP contribution in [0.2, 0.25) is 0 Å². The van der Waals surface area contributed by atoms with E-state index in [9.17, 15) is 9.18 Å². The first kappa shape index (κ1) is 20.2. The highest BCUT2D eigenvalue weighted by atomic mass is 32.1. The van der Waals surface area contributed by atoms with Gasteiger partial charge in [0.15, 0.2) is 17.1 Å². The van der Waals surface area contributed by atoms with E-state index >= 15 is 0 Å². The lowest BCUT2D eigenvalue weighted by Gasteiger charge is -2.19. The highest BCUT2D eigenvalue weighted by molar-refractivity contribution is 7.22. The Balaban J connectivity index is 1.51. The molecule has 0 unspecified atom stereocenters. The standard InChI is InChI=1S/C23H22FN5O3S/c24-14-7-12(8-17-18(14)28-23(26)33-17)22-27-15-9-13(32-20(21(25)30)11-3-4-11)10-16-19(15)29(22)5-1-2-6-31-16/h7-11,20H,1-6H2,(H2,25,30)(H2,26,28)/t20-/m0/s1. The second-order valence-electron chi connectivity index (χ2n) is 8.57. The molecule has 8 nitrogen and oxygen atoms in total. The van der Waals surface area contributed by atoms with Gasteiger partial charge in [0.2, 0.25) is 0 Å². The molecule has 4 N–H and O–H groups in total. The maximum absolute atomic E-state index is 14.8. The number of aromatic nitrogens is 3. The topological polar surface area (TPSA) is 118 Å². The second-order valence-corrected chi connectivity index (χ2v) is 9.63. The van der Waals surface area contributed by atoms with Crippen molar-refractivity contribution in [2.45, 2.75) is 38.3 Å². The summed E-state index contributed by atoms with van der Waals surface area (Å²) in [6.07, 6.45) is 2.95. The summed E-state index contributed by atoms with van der Waals surface area (Å²) in [5.74, 6) is 0.993. The number of hydrogen-bond acceptors (Lipinski definition) is 7. The third kappa shape index (κ3) is 3.54. The Hall–Kier alpha value is -3.40. The molecule has 0 saturated heterocycles. The zero-order valence-corrected chi connectivity index (χ0v) is 18.5. The van der Waals surface area contributed by atoms with Crippen LogP contribution in [-0.2, 0) is 11.3 Å². The van der Waals surface area contributed by atoms with Crippen molar-refractivity contribution in [2.24, 2.45) is 11.7 Å². The number of primary amides is 1. The lowest BCUT2D eigenvalue weighted by atomic mass is 10.2. The lowest BCUT2D eigenvalue weighted by Crippen LogP contribution is -2.35. The van der Waals surface area contributed by atoms with Crippen LogP contribution in [0.4, 0.5) is 9.52 Å². The number of imidazole rings is 1. The van der Waals surface area contributed by atoms with Gasteiger partial charge >= 0.3 is 0 Å². The van der Waals surface area contributed by atoms with Gasteiger partial charge in [0.25, 0.3) is 5.91 Å². The van der Waals surface area contributed by atoms with Crippen LogP contribution in [0.3, 0.4) is 0 Å². The minimum Gasteiger partial charge on any atom is -0.491 e. The number of fused-ring (bicyclic) bond motifs is 1. The van der Waals surface area contributed by atoms with Crippen LogP contribution in [0.5, 0.6) is 11.5 Å². The molecule has 6 rings (SSSR count). The highest BCUT2D eigenvalue weighted by Crippen LogP contribution is 2.40. The van der Waals surface area contributed by atoms with Crippen LogP contribution in [0, 0.1) is 11.7 Å². The molecule has 4 aromatic rings. The first-order chi connectivity index (χ1) is 16.0. The Bertz CT molecular complexity index is 1410. The van der Waals surface area contributed by atoms with Crippen LogP contribution >= 0.6 is 11.3 Å². The summed E-state index contributed by atoms with van der Waals surface area (Å²) in [5.41, 5.74) is 13.7. The SMILES string of the molecule is NC(=O)[C@@H](Oc1cc2c3c(c1)nc(-c1cc(F)c4nc(N)sc4c1)n3CCCCO2)C1CC1. The van der Waals surface area contributed by atoms with E-state index in [0.717, 1.165) is 37.7 Å². The summed E-state index contributed by atoms with van der Waals surface area (Å²) < 4.78 is 29.6. The first-order valence-electron chi connectivity index (χ1n) is 11.0. The van der Waals surface area contributed by atoms with E-state index < -0.39 is 17.8 Å². The van der Waals surface area contributed by atoms with Gasteiger partial charge in [-0.2, -0.15) is 0 Å². The number of nitrogen functional groups attached to an aromatic ring is 1. The van der Waals surface area contributed by atoms with Gasteiger partial charge in [0, 0.05) is 30.2 Å². The summed E-state index contributed by atoms with van der Waals surface area (Å²) in [6.45, 7) is 1.29. The summed E-state index contributed by atoms with van der Waals surface area (Å²) >= 11 is 1.24. The maximum atomic E-state index is 14.8. The number of rotatable bonds is 5. The fraction of sp³-hybridized carbons (Fsp3) is 0.348. The Morgan fingerprint density at radius 1 is 1.24 bits per heavy atom. The van der Waals surface area contributed by atoms with E-state index in [1.807, 2.05) is 6.07 Å². The van der Waals surface area contributed by atoms with E-state index in [-0.39, 0.29) is 11.4 Å². The van der Waals surface area contributed by atoms with Gasteiger partial charge in [-0.25, -0.2) is 14.4 Å². The van der Waals surface area contributed by atoms with Gasteiger partial charge in [-0.3, -0.25) is 4.79 Å². The molecule has 1 amide bonds. The number of anilines is 1. The van der Waals surface area contributed by atoms with Crippen LogP contribution in [-0.4, -0.2) is 33.2 Å². The third-order valence-electron chi connectivity index (χ3n) is 6.13. The molecule has 0 spiro atoms. The molecule has 2 aromatic heterocycles. The number of carbonyl (C=O) groups excluding carboxylic acids is 1. The van der Waals surface area contributed by atoms with Crippen LogP contribution < -0.4 is 20.9 Å². The molecule has 0 radical (unpaired) electrons. The Kier molecular flexibility index (Phi) is 4.65. The molecule has 1 saturated carbocycles. The molecule has 1 aliphatic heterocycles. The number of carbonyl (C=O) groups is 1. The molecule has 3 heterocycles. The van der Waals surface area contributed by atoms with Gasteiger partial charge in [0.1, 0.15) is 28.4 Å². The number of amides is 1. The number of ether oxygens (including phenoxy) is 2. The predicted octanol–water partition coefficient (Wildman–Crippen LogP) is 3.85. The number of nitrogens with two attached hydrogens (primary N) is 2. The highest BCUT2D eigenvalue weighted by Gasteiger charge is 2.37. The number of benzene rings is 2. The average molecular weight is 468 g/mol. The van der Waals surface area contributed by atoms with Crippen LogP contribution in [0.15, 0.2) is 24.3 Å². The van der Waals surface area contributed by atoms with E-state index in [4.69, 9.17) is 25.9 Å². The molecule has 1 atom stereocenters. The molecular formula is C23H22FN5O3S. The summed E-state index contributed by atoms with van der Waals surface area (Å²) in [4.78, 5) is 20.8. The summed E-state index contributed by atoms with van der Waals surface area (Å²) in [7, 11) is 0. The van der Waals surface area contributed by atoms with E-state index in [2.05, 4.69) is 9.55 Å². The Morgan fingerprint density at radius 2 is 2.09 bits per heavy atom. The first-order valence-corrected chi connectivity index (χ1v) is 11.8. The minimum atomic E-state index is -0.668. The maximum Gasteiger partial charge on any atom is 0.258 e. The number of halogens is 1. The molecule has 1 fully saturated rings. The van der Waals surface area contributed by atoms with Gasteiger partial charge in [-0.15, -0.1) is 0 Å². The zero-order valence-electron chi connectivity index (χ0n) is 17.7. The van der Waals surface area contributed by atoms with Crippen molar-refractivity contribution < 1.29 is 18.7 Å². The average Bonchev–Trinajstić information content (AvgIpc) is 3.42. The van der Waals surface area contributed by atoms with E-state index in [0.29, 0.717) is 44.8 Å². The Morgan fingerprint density at radius 3 is 2.88 bits per heavy atom. The molecule has 170 valence electrons. The van der Waals surface area contributed by atoms with Crippen molar-refractivity contribution in [2.75, 3.05) is 12.3 Å². The molecule has 2 aromatic carbocycles. The third-order valence-corrected chi connectivity index (χ3v) is 6.96. The largest absolute Gasteiger partial charge is 0.491 e. The number of thiazole rings is 1. The smallest absolute Gasteiger partial charge is 0.258 e. The van der Waals surface area contributed by atoms with Crippen molar-refractivity contribution in [3.63, 3.8) is 0 Å². The lowest BCUT2D eigenvalue weighted by molar-refractivity contribution is -0.125. The normalized spacial score (nSPS) is 16.9. The monoisotopic (exact) mass is 467 g/mol. The Labute approximate surface area is 192 Å². The van der Waals surface area contributed by atoms with Crippen molar-refractivity contribution in [3.8, 4) is 22.9 Å². The molecule has 2 aliphatic rings. The second kappa shape index (κ2) is 7.58. The molecule has 10 heteroatoms. The van der Waals surface area contributed by atoms with Crippen molar-refractivity contribution in [3.05, 3.63) is 30.1 Å². The van der Waals surface area contributed by atoms with Gasteiger partial charge in [0.05, 0.1) is 16.8 Å². The van der Waals surface area contributed by atoms with Crippen LogP contribution in [0.1, 0.15) is 25.7 Å². The van der Waals surface area contributed by atoms with Gasteiger partial charge in [-0.05, 0) is 37.8 Å². The van der Waals surface area contributed by atoms with Gasteiger partial charge in [-0.1, -0.05) is 11.3 Å². The predicted molar refractivity (Wildman–Crippen MR) is 124 cm³/mol. The number of nitrogens with zero attached hydrogens (tertiary/aromatic N) is 3. The summed E-state index contributed by atoms with van der Waals surface area (Å²) in [5, 5.41) is 0.320. The molecule has 33 heavy (non-hydrogen) atoms. The quantitative estimate of drug-likeness (QED) is 0.460.